The van der Waals surface area contributed by atoms with Gasteiger partial charge in [0, 0.05) is 25.3 Å². The van der Waals surface area contributed by atoms with E-state index in [4.69, 9.17) is 5.73 Å². The molecule has 1 unspecified atom stereocenters. The van der Waals surface area contributed by atoms with Crippen molar-refractivity contribution >= 4 is 0 Å². The van der Waals surface area contributed by atoms with Crippen LogP contribution in [-0.4, -0.2) is 29.5 Å². The van der Waals surface area contributed by atoms with Gasteiger partial charge in [-0.3, -0.25) is 9.88 Å². The van der Waals surface area contributed by atoms with Gasteiger partial charge in [-0.05, 0) is 25.6 Å². The lowest BCUT2D eigenvalue weighted by Crippen LogP contribution is -2.36. The third-order valence-electron chi connectivity index (χ3n) is 2.50. The molecule has 1 heterocycles. The largest absolute Gasteiger partial charge is 0.329 e. The summed E-state index contributed by atoms with van der Waals surface area (Å²) in [6.07, 6.45) is 2.91. The van der Waals surface area contributed by atoms with Crippen molar-refractivity contribution < 1.29 is 0 Å². The molecule has 0 aliphatic carbocycles. The molecular weight excluding hydrogens is 174 g/mol. The van der Waals surface area contributed by atoms with Crippen LogP contribution >= 0.6 is 0 Å². The minimum absolute atomic E-state index is 0.456. The van der Waals surface area contributed by atoms with Gasteiger partial charge in [0.25, 0.3) is 0 Å². The second kappa shape index (κ2) is 5.73. The Morgan fingerprint density at radius 3 is 2.79 bits per heavy atom. The lowest BCUT2D eigenvalue weighted by molar-refractivity contribution is 0.230. The standard InChI is InChI=1S/C11H19N3/c1-3-11(8-12)14(2)9-10-6-4-5-7-13-10/h4-7,11H,3,8-9,12H2,1-2H3. The van der Waals surface area contributed by atoms with Crippen LogP contribution in [-0.2, 0) is 6.54 Å². The van der Waals surface area contributed by atoms with Crippen molar-refractivity contribution in [2.45, 2.75) is 25.9 Å². The number of hydrogen-bond acceptors (Lipinski definition) is 3. The van der Waals surface area contributed by atoms with Crippen molar-refractivity contribution in [1.29, 1.82) is 0 Å². The minimum atomic E-state index is 0.456. The zero-order chi connectivity index (χ0) is 10.4. The van der Waals surface area contributed by atoms with Crippen molar-refractivity contribution in [2.24, 2.45) is 5.73 Å². The Bertz CT molecular complexity index is 244. The molecule has 1 atom stereocenters. The maximum Gasteiger partial charge on any atom is 0.0543 e. The van der Waals surface area contributed by atoms with Crippen molar-refractivity contribution in [3.05, 3.63) is 30.1 Å². The monoisotopic (exact) mass is 193 g/mol. The summed E-state index contributed by atoms with van der Waals surface area (Å²) >= 11 is 0. The molecule has 0 saturated heterocycles. The van der Waals surface area contributed by atoms with E-state index < -0.39 is 0 Å². The molecule has 0 bridgehead atoms. The number of pyridine rings is 1. The zero-order valence-electron chi connectivity index (χ0n) is 8.98. The van der Waals surface area contributed by atoms with Gasteiger partial charge in [0.2, 0.25) is 0 Å². The quantitative estimate of drug-likeness (QED) is 0.765. The Kier molecular flexibility index (Phi) is 4.56. The lowest BCUT2D eigenvalue weighted by Gasteiger charge is -2.25. The number of aromatic nitrogens is 1. The van der Waals surface area contributed by atoms with Crippen LogP contribution in [0.3, 0.4) is 0 Å². The Balaban J connectivity index is 2.52. The summed E-state index contributed by atoms with van der Waals surface area (Å²) in [5, 5.41) is 0. The van der Waals surface area contributed by atoms with Gasteiger partial charge >= 0.3 is 0 Å². The summed E-state index contributed by atoms with van der Waals surface area (Å²) in [6, 6.07) is 6.44. The highest BCUT2D eigenvalue weighted by Crippen LogP contribution is 2.05. The summed E-state index contributed by atoms with van der Waals surface area (Å²) in [7, 11) is 2.09. The topological polar surface area (TPSA) is 42.1 Å². The van der Waals surface area contributed by atoms with Gasteiger partial charge in [-0.15, -0.1) is 0 Å². The molecule has 0 aliphatic heterocycles. The first-order valence-electron chi connectivity index (χ1n) is 5.08. The van der Waals surface area contributed by atoms with E-state index in [0.29, 0.717) is 12.6 Å². The molecule has 3 heteroatoms. The third-order valence-corrected chi connectivity index (χ3v) is 2.50. The highest BCUT2D eigenvalue weighted by Gasteiger charge is 2.10. The minimum Gasteiger partial charge on any atom is -0.329 e. The van der Waals surface area contributed by atoms with Crippen LogP contribution in [0.25, 0.3) is 0 Å². The normalized spacial score (nSPS) is 13.1. The van der Waals surface area contributed by atoms with Crippen LogP contribution in [0.4, 0.5) is 0 Å². The molecule has 3 nitrogen and oxygen atoms in total. The maximum atomic E-state index is 5.68. The first kappa shape index (κ1) is 11.1. The molecule has 0 spiro atoms. The predicted molar refractivity (Wildman–Crippen MR) is 58.8 cm³/mol. The fraction of sp³-hybridized carbons (Fsp3) is 0.545. The van der Waals surface area contributed by atoms with Crippen molar-refractivity contribution in [1.82, 2.24) is 9.88 Å². The van der Waals surface area contributed by atoms with E-state index in [2.05, 4.69) is 23.9 Å². The summed E-state index contributed by atoms with van der Waals surface area (Å²) in [6.45, 7) is 3.74. The van der Waals surface area contributed by atoms with E-state index in [9.17, 15) is 0 Å². The van der Waals surface area contributed by atoms with E-state index in [0.717, 1.165) is 18.7 Å². The number of rotatable bonds is 5. The Morgan fingerprint density at radius 1 is 1.50 bits per heavy atom. The predicted octanol–water partition coefficient (Wildman–Crippen LogP) is 1.25. The molecule has 1 aromatic rings. The van der Waals surface area contributed by atoms with E-state index in [1.165, 1.54) is 0 Å². The lowest BCUT2D eigenvalue weighted by atomic mass is 10.2. The van der Waals surface area contributed by atoms with Crippen molar-refractivity contribution in [3.63, 3.8) is 0 Å². The fourth-order valence-corrected chi connectivity index (χ4v) is 1.53. The molecule has 78 valence electrons. The number of likely N-dealkylation sites (N-methyl/N-ethyl adjacent to an activating group) is 1. The van der Waals surface area contributed by atoms with Gasteiger partial charge in [-0.2, -0.15) is 0 Å². The highest BCUT2D eigenvalue weighted by molar-refractivity contribution is 5.03. The molecule has 2 N–H and O–H groups in total. The molecule has 14 heavy (non-hydrogen) atoms. The van der Waals surface area contributed by atoms with Gasteiger partial charge < -0.3 is 5.73 Å². The van der Waals surface area contributed by atoms with E-state index in [1.807, 2.05) is 24.4 Å². The molecule has 0 fully saturated rings. The van der Waals surface area contributed by atoms with Crippen LogP contribution in [0.5, 0.6) is 0 Å². The molecule has 0 saturated carbocycles. The Morgan fingerprint density at radius 2 is 2.29 bits per heavy atom. The maximum absolute atomic E-state index is 5.68. The summed E-state index contributed by atoms with van der Waals surface area (Å²) in [5.74, 6) is 0. The van der Waals surface area contributed by atoms with Crippen LogP contribution in [0.15, 0.2) is 24.4 Å². The van der Waals surface area contributed by atoms with Gasteiger partial charge in [0.05, 0.1) is 5.69 Å². The average molecular weight is 193 g/mol. The summed E-state index contributed by atoms with van der Waals surface area (Å²) in [5.41, 5.74) is 6.77. The molecule has 0 aromatic carbocycles. The Labute approximate surface area is 85.9 Å². The Hall–Kier alpha value is -0.930. The number of nitrogens with zero attached hydrogens (tertiary/aromatic N) is 2. The van der Waals surface area contributed by atoms with Crippen LogP contribution in [0, 0.1) is 0 Å². The molecule has 0 radical (unpaired) electrons. The summed E-state index contributed by atoms with van der Waals surface area (Å²) < 4.78 is 0. The summed E-state index contributed by atoms with van der Waals surface area (Å²) in [4.78, 5) is 6.54. The van der Waals surface area contributed by atoms with Gasteiger partial charge in [-0.1, -0.05) is 13.0 Å². The second-order valence-electron chi connectivity index (χ2n) is 3.53. The van der Waals surface area contributed by atoms with Gasteiger partial charge in [0.1, 0.15) is 0 Å². The zero-order valence-corrected chi connectivity index (χ0v) is 8.98. The van der Waals surface area contributed by atoms with E-state index in [1.54, 1.807) is 0 Å². The smallest absolute Gasteiger partial charge is 0.0543 e. The van der Waals surface area contributed by atoms with E-state index in [-0.39, 0.29) is 0 Å². The fourth-order valence-electron chi connectivity index (χ4n) is 1.53. The molecule has 0 aliphatic rings. The van der Waals surface area contributed by atoms with Crippen molar-refractivity contribution in [3.8, 4) is 0 Å². The first-order chi connectivity index (χ1) is 6.77. The van der Waals surface area contributed by atoms with Gasteiger partial charge in [0.15, 0.2) is 0 Å². The average Bonchev–Trinajstić information content (AvgIpc) is 2.21. The van der Waals surface area contributed by atoms with Crippen LogP contribution < -0.4 is 5.73 Å². The number of hydrogen-bond donors (Lipinski definition) is 1. The first-order valence-corrected chi connectivity index (χ1v) is 5.08. The van der Waals surface area contributed by atoms with Crippen LogP contribution in [0.2, 0.25) is 0 Å². The van der Waals surface area contributed by atoms with E-state index >= 15 is 0 Å². The van der Waals surface area contributed by atoms with Crippen molar-refractivity contribution in [2.75, 3.05) is 13.6 Å². The number of nitrogens with two attached hydrogens (primary N) is 1. The molecule has 1 aromatic heterocycles. The third kappa shape index (κ3) is 3.09. The molecule has 1 rings (SSSR count). The molecule has 0 amide bonds. The van der Waals surface area contributed by atoms with Crippen LogP contribution in [0.1, 0.15) is 19.0 Å². The SMILES string of the molecule is CCC(CN)N(C)Cc1ccccn1. The molecular formula is C11H19N3. The second-order valence-corrected chi connectivity index (χ2v) is 3.53. The van der Waals surface area contributed by atoms with Gasteiger partial charge in [-0.25, -0.2) is 0 Å². The highest BCUT2D eigenvalue weighted by atomic mass is 15.1.